The smallest absolute Gasteiger partial charge is 0.100 e. The molecule has 0 aliphatic carbocycles. The zero-order valence-electron chi connectivity index (χ0n) is 11.1. The fraction of sp³-hybridized carbons (Fsp3) is 0.615. The Morgan fingerprint density at radius 3 is 2.47 bits per heavy atom. The number of aromatic nitrogens is 1. The summed E-state index contributed by atoms with van der Waals surface area (Å²) in [7, 11) is 0. The summed E-state index contributed by atoms with van der Waals surface area (Å²) in [5.41, 5.74) is 6.81. The normalized spacial score (nSPS) is 14.0. The second kappa shape index (κ2) is 5.47. The molecule has 17 heavy (non-hydrogen) atoms. The summed E-state index contributed by atoms with van der Waals surface area (Å²) < 4.78 is 0. The van der Waals surface area contributed by atoms with Crippen molar-refractivity contribution in [3.05, 3.63) is 24.0 Å². The number of hydrogen-bond donors (Lipinski definition) is 2. The first-order valence-corrected chi connectivity index (χ1v) is 6.07. The van der Waals surface area contributed by atoms with Crippen LogP contribution >= 0.6 is 0 Å². The molecule has 0 bridgehead atoms. The first-order chi connectivity index (χ1) is 7.95. The molecule has 96 valence electrons. The van der Waals surface area contributed by atoms with Crippen molar-refractivity contribution >= 4 is 5.69 Å². The number of nitrogens with zero attached hydrogens (tertiary/aromatic N) is 2. The van der Waals surface area contributed by atoms with Gasteiger partial charge in [0.1, 0.15) is 6.10 Å². The fourth-order valence-corrected chi connectivity index (χ4v) is 2.24. The van der Waals surface area contributed by atoms with Crippen LogP contribution in [0.15, 0.2) is 18.5 Å². The minimum atomic E-state index is -0.643. The number of likely N-dealkylation sites (N-methyl/N-ethyl adjacent to an activating group) is 1. The summed E-state index contributed by atoms with van der Waals surface area (Å²) in [6.07, 6.45) is 2.64. The highest BCUT2D eigenvalue weighted by atomic mass is 16.3. The summed E-state index contributed by atoms with van der Waals surface area (Å²) in [6.45, 7) is 10.0. The molecule has 0 aliphatic rings. The molecule has 4 heteroatoms. The average molecular weight is 237 g/mol. The molecule has 1 atom stereocenters. The van der Waals surface area contributed by atoms with Crippen LogP contribution in [0.2, 0.25) is 0 Å². The summed E-state index contributed by atoms with van der Waals surface area (Å²) in [6, 6.07) is 1.72. The Labute approximate surface area is 103 Å². The highest BCUT2D eigenvalue weighted by Gasteiger charge is 2.34. The highest BCUT2D eigenvalue weighted by molar-refractivity contribution is 5.46. The molecule has 0 amide bonds. The lowest BCUT2D eigenvalue weighted by molar-refractivity contribution is -0.00602. The molecule has 1 rings (SSSR count). The van der Waals surface area contributed by atoms with Gasteiger partial charge in [-0.1, -0.05) is 13.8 Å². The number of rotatable bonds is 5. The van der Waals surface area contributed by atoms with E-state index in [1.165, 1.54) is 0 Å². The van der Waals surface area contributed by atoms with Gasteiger partial charge in [-0.3, -0.25) is 9.88 Å². The van der Waals surface area contributed by atoms with Crippen LogP contribution in [0.25, 0.3) is 0 Å². The molecule has 0 aliphatic heterocycles. The molecule has 0 spiro atoms. The van der Waals surface area contributed by atoms with Crippen LogP contribution in [0.5, 0.6) is 0 Å². The van der Waals surface area contributed by atoms with Crippen molar-refractivity contribution in [1.29, 1.82) is 0 Å². The van der Waals surface area contributed by atoms with Gasteiger partial charge in [-0.25, -0.2) is 0 Å². The largest absolute Gasteiger partial charge is 0.398 e. The fourth-order valence-electron chi connectivity index (χ4n) is 2.24. The molecule has 1 aromatic rings. The van der Waals surface area contributed by atoms with Gasteiger partial charge in [0.05, 0.1) is 0 Å². The third-order valence-electron chi connectivity index (χ3n) is 3.43. The van der Waals surface area contributed by atoms with Crippen LogP contribution in [0.3, 0.4) is 0 Å². The Morgan fingerprint density at radius 1 is 1.41 bits per heavy atom. The quantitative estimate of drug-likeness (QED) is 0.820. The first-order valence-electron chi connectivity index (χ1n) is 6.07. The van der Waals surface area contributed by atoms with Gasteiger partial charge in [0.15, 0.2) is 0 Å². The molecule has 0 saturated carbocycles. The van der Waals surface area contributed by atoms with Gasteiger partial charge in [0.2, 0.25) is 0 Å². The molecule has 0 saturated heterocycles. The van der Waals surface area contributed by atoms with E-state index in [2.05, 4.69) is 23.7 Å². The van der Waals surface area contributed by atoms with E-state index >= 15 is 0 Å². The van der Waals surface area contributed by atoms with Crippen LogP contribution in [-0.2, 0) is 0 Å². The zero-order chi connectivity index (χ0) is 13.1. The highest BCUT2D eigenvalue weighted by Crippen LogP contribution is 2.32. The van der Waals surface area contributed by atoms with E-state index in [1.54, 1.807) is 18.5 Å². The zero-order valence-corrected chi connectivity index (χ0v) is 11.1. The summed E-state index contributed by atoms with van der Waals surface area (Å²) in [5.74, 6) is 0. The number of nitrogen functional groups attached to an aromatic ring is 1. The molecule has 0 radical (unpaired) electrons. The predicted octanol–water partition coefficient (Wildman–Crippen LogP) is 1.82. The van der Waals surface area contributed by atoms with Gasteiger partial charge in [-0.2, -0.15) is 0 Å². The SMILES string of the molecule is CCN(CC)C(C)(C)C(O)c1cnccc1N. The maximum absolute atomic E-state index is 10.5. The van der Waals surface area contributed by atoms with Crippen LogP contribution in [0.1, 0.15) is 39.4 Å². The molecule has 0 fully saturated rings. The van der Waals surface area contributed by atoms with Crippen molar-refractivity contribution in [3.63, 3.8) is 0 Å². The molecule has 1 unspecified atom stereocenters. The summed E-state index contributed by atoms with van der Waals surface area (Å²) >= 11 is 0. The second-order valence-electron chi connectivity index (χ2n) is 4.73. The van der Waals surface area contributed by atoms with Gasteiger partial charge in [-0.05, 0) is 33.0 Å². The second-order valence-corrected chi connectivity index (χ2v) is 4.73. The van der Waals surface area contributed by atoms with E-state index in [0.29, 0.717) is 11.3 Å². The van der Waals surface area contributed by atoms with Crippen molar-refractivity contribution in [3.8, 4) is 0 Å². The van der Waals surface area contributed by atoms with Crippen molar-refractivity contribution in [2.75, 3.05) is 18.8 Å². The van der Waals surface area contributed by atoms with E-state index in [4.69, 9.17) is 5.73 Å². The Balaban J connectivity index is 3.03. The number of aliphatic hydroxyl groups is 1. The van der Waals surface area contributed by atoms with Crippen molar-refractivity contribution in [2.24, 2.45) is 0 Å². The Morgan fingerprint density at radius 2 is 2.00 bits per heavy atom. The van der Waals surface area contributed by atoms with E-state index in [1.807, 2.05) is 13.8 Å². The van der Waals surface area contributed by atoms with E-state index < -0.39 is 6.10 Å². The van der Waals surface area contributed by atoms with Gasteiger partial charge in [-0.15, -0.1) is 0 Å². The Bertz CT molecular complexity index is 361. The topological polar surface area (TPSA) is 62.4 Å². The Kier molecular flexibility index (Phi) is 4.48. The minimum Gasteiger partial charge on any atom is -0.398 e. The lowest BCUT2D eigenvalue weighted by Crippen LogP contribution is -2.48. The number of anilines is 1. The predicted molar refractivity (Wildman–Crippen MR) is 70.6 cm³/mol. The number of nitrogens with two attached hydrogens (primary N) is 1. The molecule has 0 aromatic carbocycles. The van der Waals surface area contributed by atoms with E-state index in [0.717, 1.165) is 13.1 Å². The number of hydrogen-bond acceptors (Lipinski definition) is 4. The third-order valence-corrected chi connectivity index (χ3v) is 3.43. The summed E-state index contributed by atoms with van der Waals surface area (Å²) in [5, 5.41) is 10.5. The van der Waals surface area contributed by atoms with Crippen LogP contribution < -0.4 is 5.73 Å². The van der Waals surface area contributed by atoms with Gasteiger partial charge in [0, 0.05) is 29.2 Å². The molecule has 3 N–H and O–H groups in total. The maximum Gasteiger partial charge on any atom is 0.100 e. The summed E-state index contributed by atoms with van der Waals surface area (Å²) in [4.78, 5) is 6.24. The monoisotopic (exact) mass is 237 g/mol. The number of pyridine rings is 1. The molecular weight excluding hydrogens is 214 g/mol. The average Bonchev–Trinajstić information content (AvgIpc) is 2.30. The van der Waals surface area contributed by atoms with Crippen LogP contribution in [-0.4, -0.2) is 33.6 Å². The molecule has 1 aromatic heterocycles. The molecule has 1 heterocycles. The standard InChI is InChI=1S/C13H23N3O/c1-5-16(6-2)13(3,4)12(17)10-9-15-8-7-11(10)14/h7-9,12,17H,5-6H2,1-4H3,(H2,14,15). The number of aliphatic hydroxyl groups excluding tert-OH is 1. The maximum atomic E-state index is 10.5. The van der Waals surface area contributed by atoms with Crippen LogP contribution in [0, 0.1) is 0 Å². The third kappa shape index (κ3) is 2.76. The van der Waals surface area contributed by atoms with E-state index in [9.17, 15) is 5.11 Å². The van der Waals surface area contributed by atoms with Gasteiger partial charge < -0.3 is 10.8 Å². The van der Waals surface area contributed by atoms with E-state index in [-0.39, 0.29) is 5.54 Å². The molecule has 4 nitrogen and oxygen atoms in total. The minimum absolute atomic E-state index is 0.360. The molecular formula is C13H23N3O. The first kappa shape index (κ1) is 13.9. The lowest BCUT2D eigenvalue weighted by Gasteiger charge is -2.41. The van der Waals surface area contributed by atoms with Gasteiger partial charge >= 0.3 is 0 Å². The Hall–Kier alpha value is -1.13. The van der Waals surface area contributed by atoms with Crippen molar-refractivity contribution in [2.45, 2.75) is 39.3 Å². The van der Waals surface area contributed by atoms with Crippen molar-refractivity contribution < 1.29 is 5.11 Å². The van der Waals surface area contributed by atoms with Crippen molar-refractivity contribution in [1.82, 2.24) is 9.88 Å². The van der Waals surface area contributed by atoms with Gasteiger partial charge in [0.25, 0.3) is 0 Å². The lowest BCUT2D eigenvalue weighted by atomic mass is 9.89. The van der Waals surface area contributed by atoms with Crippen LogP contribution in [0.4, 0.5) is 5.69 Å².